The molecule has 1 aliphatic heterocycles. The van der Waals surface area contributed by atoms with Gasteiger partial charge in [0.1, 0.15) is 0 Å². The van der Waals surface area contributed by atoms with E-state index in [1.54, 1.807) is 42.5 Å². The van der Waals surface area contributed by atoms with Crippen LogP contribution >= 0.6 is 0 Å². The average molecular weight is 469 g/mol. The largest absolute Gasteiger partial charge is 0.349 e. The van der Waals surface area contributed by atoms with Crippen LogP contribution in [0.1, 0.15) is 28.8 Å². The van der Waals surface area contributed by atoms with Gasteiger partial charge in [-0.15, -0.1) is 0 Å². The number of hydrogen-bond donors (Lipinski definition) is 2. The molecule has 2 amide bonds. The van der Waals surface area contributed by atoms with E-state index in [0.717, 1.165) is 18.4 Å². The van der Waals surface area contributed by atoms with Gasteiger partial charge in [-0.1, -0.05) is 12.1 Å². The van der Waals surface area contributed by atoms with E-state index in [4.69, 9.17) is 0 Å². The summed E-state index contributed by atoms with van der Waals surface area (Å²) >= 11 is 0. The number of hydrogen-bond acceptors (Lipinski definition) is 5. The highest BCUT2D eigenvalue weighted by molar-refractivity contribution is 7.89. The summed E-state index contributed by atoms with van der Waals surface area (Å²) < 4.78 is 27.1. The molecule has 1 saturated carbocycles. The highest BCUT2D eigenvalue weighted by atomic mass is 32.2. The van der Waals surface area contributed by atoms with Crippen LogP contribution in [-0.2, 0) is 14.8 Å². The number of carbonyl (C=O) groups is 2. The second-order valence-corrected chi connectivity index (χ2v) is 10.4. The number of rotatable bonds is 7. The van der Waals surface area contributed by atoms with Gasteiger partial charge in [0.05, 0.1) is 4.90 Å². The molecular formula is C24H28N4O4S. The number of nitrogens with zero attached hydrogens (tertiary/aromatic N) is 2. The monoisotopic (exact) mass is 468 g/mol. The van der Waals surface area contributed by atoms with Gasteiger partial charge < -0.3 is 15.5 Å². The van der Waals surface area contributed by atoms with Crippen molar-refractivity contribution in [3.8, 4) is 0 Å². The third-order valence-corrected chi connectivity index (χ3v) is 7.65. The third-order valence-electron chi connectivity index (χ3n) is 5.73. The summed E-state index contributed by atoms with van der Waals surface area (Å²) in [5, 5.41) is 5.67. The Balaban J connectivity index is 1.32. The zero-order chi connectivity index (χ0) is 23.4. The summed E-state index contributed by atoms with van der Waals surface area (Å²) in [5.41, 5.74) is 1.89. The maximum atomic E-state index is 12.8. The summed E-state index contributed by atoms with van der Waals surface area (Å²) in [4.78, 5) is 26.6. The molecule has 2 aromatic rings. The molecular weight excluding hydrogens is 440 g/mol. The molecule has 1 heterocycles. The molecule has 0 unspecified atom stereocenters. The number of amides is 2. The number of benzene rings is 2. The van der Waals surface area contributed by atoms with Crippen LogP contribution in [0.25, 0.3) is 6.08 Å². The molecule has 2 aliphatic rings. The normalized spacial score (nSPS) is 17.7. The maximum absolute atomic E-state index is 12.8. The highest BCUT2D eigenvalue weighted by Gasteiger charge is 2.27. The summed E-state index contributed by atoms with van der Waals surface area (Å²) in [7, 11) is -1.57. The quantitative estimate of drug-likeness (QED) is 0.607. The number of carbonyl (C=O) groups excluding carboxylic acids is 2. The van der Waals surface area contributed by atoms with Gasteiger partial charge in [-0.05, 0) is 67.9 Å². The van der Waals surface area contributed by atoms with Crippen LogP contribution in [0.15, 0.2) is 59.5 Å². The first kappa shape index (κ1) is 23.2. The molecule has 8 nitrogen and oxygen atoms in total. The summed E-state index contributed by atoms with van der Waals surface area (Å²) in [6.07, 6.45) is 5.13. The average Bonchev–Trinajstić information content (AvgIpc) is 3.63. The van der Waals surface area contributed by atoms with Crippen molar-refractivity contribution in [1.82, 2.24) is 14.5 Å². The molecule has 2 N–H and O–H groups in total. The van der Waals surface area contributed by atoms with E-state index in [9.17, 15) is 18.0 Å². The Labute approximate surface area is 194 Å². The molecule has 9 heteroatoms. The van der Waals surface area contributed by atoms with Crippen molar-refractivity contribution in [1.29, 1.82) is 0 Å². The Bertz CT molecular complexity index is 1130. The zero-order valence-electron chi connectivity index (χ0n) is 18.5. The Kier molecular flexibility index (Phi) is 6.92. The predicted molar refractivity (Wildman–Crippen MR) is 127 cm³/mol. The van der Waals surface area contributed by atoms with Crippen LogP contribution in [0.2, 0.25) is 0 Å². The van der Waals surface area contributed by atoms with Crippen molar-refractivity contribution in [2.75, 3.05) is 38.5 Å². The first-order valence-electron chi connectivity index (χ1n) is 11.0. The number of piperazine rings is 1. The van der Waals surface area contributed by atoms with Crippen LogP contribution in [0.4, 0.5) is 5.69 Å². The molecule has 0 atom stereocenters. The fraction of sp³-hybridized carbons (Fsp3) is 0.333. The number of nitrogens with one attached hydrogen (secondary N) is 2. The van der Waals surface area contributed by atoms with Gasteiger partial charge >= 0.3 is 0 Å². The van der Waals surface area contributed by atoms with E-state index in [1.807, 2.05) is 7.05 Å². The second-order valence-electron chi connectivity index (χ2n) is 8.42. The minimum absolute atomic E-state index is 0.0798. The van der Waals surface area contributed by atoms with Crippen LogP contribution in [0.3, 0.4) is 0 Å². The fourth-order valence-corrected chi connectivity index (χ4v) is 4.91. The van der Waals surface area contributed by atoms with Gasteiger partial charge in [0, 0.05) is 49.5 Å². The smallest absolute Gasteiger partial charge is 0.251 e. The highest BCUT2D eigenvalue weighted by Crippen LogP contribution is 2.20. The van der Waals surface area contributed by atoms with Crippen molar-refractivity contribution < 1.29 is 18.0 Å². The lowest BCUT2D eigenvalue weighted by Crippen LogP contribution is -2.46. The standard InChI is InChI=1S/C24H28N4O4S/c1-27-14-16-28(17-15-27)33(31,32)22-11-9-20(10-12-22)25-23(29)13-4-18-2-5-19(6-3-18)24(30)26-21-7-8-21/h2-6,9-13,21H,7-8,14-17H2,1H3,(H,25,29)(H,26,30)/b13-4+. The Morgan fingerprint density at radius 1 is 0.939 bits per heavy atom. The zero-order valence-corrected chi connectivity index (χ0v) is 19.3. The predicted octanol–water partition coefficient (Wildman–Crippen LogP) is 2.17. The van der Waals surface area contributed by atoms with E-state index in [-0.39, 0.29) is 16.7 Å². The topological polar surface area (TPSA) is 98.8 Å². The molecule has 33 heavy (non-hydrogen) atoms. The maximum Gasteiger partial charge on any atom is 0.251 e. The number of likely N-dealkylation sites (N-methyl/N-ethyl adjacent to an activating group) is 1. The first-order chi connectivity index (χ1) is 15.8. The summed E-state index contributed by atoms with van der Waals surface area (Å²) in [6.45, 7) is 2.34. The van der Waals surface area contributed by atoms with E-state index in [2.05, 4.69) is 15.5 Å². The first-order valence-corrected chi connectivity index (χ1v) is 12.4. The fourth-order valence-electron chi connectivity index (χ4n) is 3.49. The third kappa shape index (κ3) is 6.07. The van der Waals surface area contributed by atoms with Crippen molar-refractivity contribution in [3.05, 3.63) is 65.7 Å². The number of sulfonamides is 1. The lowest BCUT2D eigenvalue weighted by molar-refractivity contribution is -0.111. The van der Waals surface area contributed by atoms with Gasteiger partial charge in [-0.25, -0.2) is 8.42 Å². The minimum Gasteiger partial charge on any atom is -0.349 e. The van der Waals surface area contributed by atoms with Gasteiger partial charge in [0.25, 0.3) is 5.91 Å². The lowest BCUT2D eigenvalue weighted by atomic mass is 10.1. The van der Waals surface area contributed by atoms with Gasteiger partial charge in [-0.3, -0.25) is 9.59 Å². The Morgan fingerprint density at radius 2 is 1.58 bits per heavy atom. The summed E-state index contributed by atoms with van der Waals surface area (Å²) in [6, 6.07) is 13.5. The van der Waals surface area contributed by atoms with E-state index in [1.165, 1.54) is 22.5 Å². The molecule has 1 aliphatic carbocycles. The SMILES string of the molecule is CN1CCN(S(=O)(=O)c2ccc(NC(=O)/C=C/c3ccc(C(=O)NC4CC4)cc3)cc2)CC1. The van der Waals surface area contributed by atoms with Crippen LogP contribution in [0, 0.1) is 0 Å². The Hall–Kier alpha value is -3.01. The summed E-state index contributed by atoms with van der Waals surface area (Å²) in [5.74, 6) is -0.413. The van der Waals surface area contributed by atoms with E-state index < -0.39 is 10.0 Å². The van der Waals surface area contributed by atoms with Crippen molar-refractivity contribution in [2.45, 2.75) is 23.8 Å². The lowest BCUT2D eigenvalue weighted by Gasteiger charge is -2.31. The molecule has 0 radical (unpaired) electrons. The van der Waals surface area contributed by atoms with Crippen molar-refractivity contribution in [2.24, 2.45) is 0 Å². The molecule has 0 spiro atoms. The number of anilines is 1. The molecule has 174 valence electrons. The van der Waals surface area contributed by atoms with Crippen molar-refractivity contribution >= 4 is 33.6 Å². The molecule has 1 saturated heterocycles. The van der Waals surface area contributed by atoms with Crippen LogP contribution < -0.4 is 10.6 Å². The molecule has 2 aromatic carbocycles. The van der Waals surface area contributed by atoms with Crippen LogP contribution in [-0.4, -0.2) is 68.7 Å². The van der Waals surface area contributed by atoms with E-state index >= 15 is 0 Å². The van der Waals surface area contributed by atoms with Crippen LogP contribution in [0.5, 0.6) is 0 Å². The van der Waals surface area contributed by atoms with Crippen molar-refractivity contribution in [3.63, 3.8) is 0 Å². The van der Waals surface area contributed by atoms with Gasteiger partial charge in [0.15, 0.2) is 0 Å². The molecule has 0 bridgehead atoms. The second kappa shape index (κ2) is 9.86. The van der Waals surface area contributed by atoms with Gasteiger partial charge in [-0.2, -0.15) is 4.31 Å². The molecule has 4 rings (SSSR count). The minimum atomic E-state index is -3.54. The molecule has 0 aromatic heterocycles. The molecule has 2 fully saturated rings. The van der Waals surface area contributed by atoms with Gasteiger partial charge in [0.2, 0.25) is 15.9 Å². The Morgan fingerprint density at radius 3 is 2.18 bits per heavy atom. The van der Waals surface area contributed by atoms with E-state index in [0.29, 0.717) is 43.5 Å².